The highest BCUT2D eigenvalue weighted by Crippen LogP contribution is 2.33. The molecule has 0 aromatic heterocycles. The topological polar surface area (TPSA) is 83.8 Å². The van der Waals surface area contributed by atoms with Gasteiger partial charge in [-0.3, -0.25) is 9.59 Å². The molecule has 2 N–H and O–H groups in total. The van der Waals surface area contributed by atoms with Gasteiger partial charge in [-0.1, -0.05) is 0 Å². The van der Waals surface area contributed by atoms with Crippen LogP contribution in [0.1, 0.15) is 32.7 Å². The summed E-state index contributed by atoms with van der Waals surface area (Å²) in [6.07, 6.45) is 1.84. The van der Waals surface area contributed by atoms with E-state index in [1.807, 2.05) is 0 Å². The first-order valence-corrected chi connectivity index (χ1v) is 5.13. The van der Waals surface area contributed by atoms with Crippen molar-refractivity contribution in [2.24, 2.45) is 0 Å². The molecule has 0 aliphatic carbocycles. The van der Waals surface area contributed by atoms with Crippen LogP contribution in [0.2, 0.25) is 0 Å². The van der Waals surface area contributed by atoms with Crippen molar-refractivity contribution in [2.75, 3.05) is 13.7 Å². The summed E-state index contributed by atoms with van der Waals surface area (Å²) in [5.41, 5.74) is 0.762. The molecule has 0 unspecified atom stereocenters. The maximum Gasteiger partial charge on any atom is 0.168 e. The van der Waals surface area contributed by atoms with Gasteiger partial charge in [-0.05, 0) is 24.5 Å². The molecule has 5 nitrogen and oxygen atoms in total. The van der Waals surface area contributed by atoms with Crippen LogP contribution in [0.4, 0.5) is 0 Å². The van der Waals surface area contributed by atoms with E-state index in [-0.39, 0.29) is 29.2 Å². The van der Waals surface area contributed by atoms with Crippen LogP contribution in [-0.4, -0.2) is 36.5 Å². The zero-order valence-electron chi connectivity index (χ0n) is 9.47. The molecule has 1 aromatic rings. The fourth-order valence-electron chi connectivity index (χ4n) is 1.65. The SMILES string of the molecule is COc1cc(C=O)c(CCCO)c(C=O)c1O. The quantitative estimate of drug-likeness (QED) is 0.721. The monoisotopic (exact) mass is 238 g/mol. The first-order chi connectivity index (χ1) is 8.19. The van der Waals surface area contributed by atoms with Gasteiger partial charge in [0, 0.05) is 12.2 Å². The number of ether oxygens (including phenoxy) is 1. The Bertz CT molecular complexity index is 425. The lowest BCUT2D eigenvalue weighted by molar-refractivity contribution is 0.111. The third-order valence-corrected chi connectivity index (χ3v) is 2.50. The molecule has 0 amide bonds. The average Bonchev–Trinajstić information content (AvgIpc) is 2.36. The van der Waals surface area contributed by atoms with Crippen molar-refractivity contribution in [3.8, 4) is 11.5 Å². The molecule has 0 spiro atoms. The first kappa shape index (κ1) is 13.2. The van der Waals surface area contributed by atoms with Gasteiger partial charge in [0.05, 0.1) is 12.7 Å². The number of methoxy groups -OCH3 is 1. The highest BCUT2D eigenvalue weighted by atomic mass is 16.5. The summed E-state index contributed by atoms with van der Waals surface area (Å²) in [6.45, 7) is -0.0522. The van der Waals surface area contributed by atoms with Crippen molar-refractivity contribution >= 4 is 12.6 Å². The van der Waals surface area contributed by atoms with E-state index in [9.17, 15) is 14.7 Å². The maximum atomic E-state index is 11.0. The van der Waals surface area contributed by atoms with Gasteiger partial charge in [0.25, 0.3) is 0 Å². The lowest BCUT2D eigenvalue weighted by atomic mass is 9.96. The molecule has 0 atom stereocenters. The maximum absolute atomic E-state index is 11.0. The van der Waals surface area contributed by atoms with E-state index in [2.05, 4.69) is 0 Å². The van der Waals surface area contributed by atoms with Crippen molar-refractivity contribution in [1.29, 1.82) is 0 Å². The molecule has 5 heteroatoms. The third-order valence-electron chi connectivity index (χ3n) is 2.50. The fourth-order valence-corrected chi connectivity index (χ4v) is 1.65. The molecule has 0 heterocycles. The van der Waals surface area contributed by atoms with Crippen LogP contribution in [0.5, 0.6) is 11.5 Å². The number of carbonyl (C=O) groups is 2. The zero-order valence-corrected chi connectivity index (χ0v) is 9.47. The number of aliphatic hydroxyl groups excluding tert-OH is 1. The second kappa shape index (κ2) is 6.00. The summed E-state index contributed by atoms with van der Waals surface area (Å²) in [5.74, 6) is -0.192. The molecule has 0 fully saturated rings. The molecule has 0 saturated heterocycles. The number of aldehydes is 2. The number of hydrogen-bond acceptors (Lipinski definition) is 5. The lowest BCUT2D eigenvalue weighted by Crippen LogP contribution is -2.03. The number of carbonyl (C=O) groups excluding carboxylic acids is 2. The van der Waals surface area contributed by atoms with E-state index >= 15 is 0 Å². The third kappa shape index (κ3) is 2.62. The van der Waals surface area contributed by atoms with E-state index in [1.54, 1.807) is 0 Å². The number of benzene rings is 1. The Labute approximate surface area is 98.6 Å². The van der Waals surface area contributed by atoms with Gasteiger partial charge < -0.3 is 14.9 Å². The van der Waals surface area contributed by atoms with Crippen LogP contribution in [0.3, 0.4) is 0 Å². The van der Waals surface area contributed by atoms with Crippen LogP contribution in [0.15, 0.2) is 6.07 Å². The van der Waals surface area contributed by atoms with Crippen LogP contribution < -0.4 is 4.74 Å². The summed E-state index contributed by atoms with van der Waals surface area (Å²) < 4.78 is 4.87. The van der Waals surface area contributed by atoms with Gasteiger partial charge in [0.2, 0.25) is 0 Å². The molecule has 1 aromatic carbocycles. The van der Waals surface area contributed by atoms with Gasteiger partial charge in [0.15, 0.2) is 17.8 Å². The minimum atomic E-state index is -0.277. The number of aliphatic hydroxyl groups is 1. The molecule has 0 saturated carbocycles. The number of phenols is 1. The van der Waals surface area contributed by atoms with Gasteiger partial charge >= 0.3 is 0 Å². The molecule has 17 heavy (non-hydrogen) atoms. The van der Waals surface area contributed by atoms with Gasteiger partial charge in [-0.15, -0.1) is 0 Å². The highest BCUT2D eigenvalue weighted by Gasteiger charge is 2.17. The van der Waals surface area contributed by atoms with E-state index in [0.29, 0.717) is 31.0 Å². The molecule has 0 bridgehead atoms. The van der Waals surface area contributed by atoms with Gasteiger partial charge in [-0.2, -0.15) is 0 Å². The average molecular weight is 238 g/mol. The van der Waals surface area contributed by atoms with Gasteiger partial charge in [0.1, 0.15) is 6.29 Å². The zero-order chi connectivity index (χ0) is 12.8. The number of hydrogen-bond donors (Lipinski definition) is 2. The number of rotatable bonds is 6. The second-order valence-corrected chi connectivity index (χ2v) is 3.47. The first-order valence-electron chi connectivity index (χ1n) is 5.13. The minimum Gasteiger partial charge on any atom is -0.504 e. The van der Waals surface area contributed by atoms with E-state index in [1.165, 1.54) is 13.2 Å². The van der Waals surface area contributed by atoms with E-state index < -0.39 is 0 Å². The van der Waals surface area contributed by atoms with Gasteiger partial charge in [-0.25, -0.2) is 0 Å². The summed E-state index contributed by atoms with van der Waals surface area (Å²) in [7, 11) is 1.34. The van der Waals surface area contributed by atoms with Crippen molar-refractivity contribution < 1.29 is 24.5 Å². The number of aromatic hydroxyl groups is 1. The molecule has 0 radical (unpaired) electrons. The molecular formula is C12H14O5. The van der Waals surface area contributed by atoms with Crippen molar-refractivity contribution in [3.05, 3.63) is 22.8 Å². The standard InChI is InChI=1S/C12H14O5/c1-17-11-5-8(6-14)9(3-2-4-13)10(7-15)12(11)16/h5-7,13,16H,2-4H2,1H3. The number of phenolic OH excluding ortho intramolecular Hbond substituents is 1. The molecule has 1 rings (SSSR count). The summed E-state index contributed by atoms with van der Waals surface area (Å²) in [6, 6.07) is 1.38. The van der Waals surface area contributed by atoms with Crippen molar-refractivity contribution in [3.63, 3.8) is 0 Å². The highest BCUT2D eigenvalue weighted by molar-refractivity contribution is 5.90. The van der Waals surface area contributed by atoms with E-state index in [0.717, 1.165) is 0 Å². The summed E-state index contributed by atoms with van der Waals surface area (Å²) in [5, 5.41) is 18.5. The smallest absolute Gasteiger partial charge is 0.168 e. The van der Waals surface area contributed by atoms with Crippen molar-refractivity contribution in [1.82, 2.24) is 0 Å². The Morgan fingerprint density at radius 1 is 1.35 bits per heavy atom. The molecule has 0 aliphatic rings. The van der Waals surface area contributed by atoms with E-state index in [4.69, 9.17) is 9.84 Å². The summed E-state index contributed by atoms with van der Waals surface area (Å²) in [4.78, 5) is 21.9. The fraction of sp³-hybridized carbons (Fsp3) is 0.333. The lowest BCUT2D eigenvalue weighted by Gasteiger charge is -2.12. The Morgan fingerprint density at radius 3 is 2.53 bits per heavy atom. The van der Waals surface area contributed by atoms with Crippen LogP contribution in [0, 0.1) is 0 Å². The van der Waals surface area contributed by atoms with Crippen LogP contribution in [-0.2, 0) is 6.42 Å². The van der Waals surface area contributed by atoms with Crippen molar-refractivity contribution in [2.45, 2.75) is 12.8 Å². The summed E-state index contributed by atoms with van der Waals surface area (Å²) >= 11 is 0. The Balaban J connectivity index is 3.37. The van der Waals surface area contributed by atoms with Crippen LogP contribution >= 0.6 is 0 Å². The second-order valence-electron chi connectivity index (χ2n) is 3.47. The molecular weight excluding hydrogens is 224 g/mol. The minimum absolute atomic E-state index is 0.0416. The predicted molar refractivity (Wildman–Crippen MR) is 60.8 cm³/mol. The Morgan fingerprint density at radius 2 is 2.06 bits per heavy atom. The normalized spacial score (nSPS) is 10.0. The predicted octanol–water partition coefficient (Wildman–Crippen LogP) is 0.951. The molecule has 92 valence electrons. The molecule has 0 aliphatic heterocycles. The Hall–Kier alpha value is -1.88. The van der Waals surface area contributed by atoms with Crippen LogP contribution in [0.25, 0.3) is 0 Å². The largest absolute Gasteiger partial charge is 0.504 e. The Kier molecular flexibility index (Phi) is 4.66.